The van der Waals surface area contributed by atoms with Gasteiger partial charge in [-0.1, -0.05) is 91.0 Å². The minimum atomic E-state index is -0.457. The highest BCUT2D eigenvalue weighted by molar-refractivity contribution is 5.71. The SMILES string of the molecule is CN1CC(N)(CCNC(c2ccccc2)(c2ccccc2)c2ccccc2)C=N1.N. The molecule has 0 saturated heterocycles. The van der Waals surface area contributed by atoms with Crippen LogP contribution >= 0.6 is 0 Å². The van der Waals surface area contributed by atoms with Crippen molar-refractivity contribution in [3.05, 3.63) is 108 Å². The summed E-state index contributed by atoms with van der Waals surface area (Å²) in [5.74, 6) is 0. The number of nitrogens with one attached hydrogen (secondary N) is 1. The van der Waals surface area contributed by atoms with Crippen LogP contribution in [0, 0.1) is 0 Å². The zero-order valence-corrected chi connectivity index (χ0v) is 17.5. The molecule has 0 fully saturated rings. The largest absolute Gasteiger partial charge is 0.344 e. The van der Waals surface area contributed by atoms with Gasteiger partial charge >= 0.3 is 0 Å². The number of nitrogens with two attached hydrogens (primary N) is 1. The molecule has 1 aliphatic rings. The number of benzene rings is 3. The van der Waals surface area contributed by atoms with Crippen molar-refractivity contribution in [2.75, 3.05) is 20.1 Å². The first-order chi connectivity index (χ1) is 14.1. The Hall–Kier alpha value is -2.99. The molecule has 0 aliphatic carbocycles. The summed E-state index contributed by atoms with van der Waals surface area (Å²) in [5, 5.41) is 10.1. The molecule has 30 heavy (non-hydrogen) atoms. The van der Waals surface area contributed by atoms with Crippen LogP contribution in [0.4, 0.5) is 0 Å². The number of hydrogen-bond donors (Lipinski definition) is 3. The van der Waals surface area contributed by atoms with Gasteiger partial charge in [-0.15, -0.1) is 0 Å². The van der Waals surface area contributed by atoms with E-state index in [9.17, 15) is 0 Å². The van der Waals surface area contributed by atoms with Crippen molar-refractivity contribution >= 4 is 6.21 Å². The van der Waals surface area contributed by atoms with Crippen LogP contribution in [0.5, 0.6) is 0 Å². The topological polar surface area (TPSA) is 88.7 Å². The van der Waals surface area contributed by atoms with Gasteiger partial charge in [-0.25, -0.2) is 0 Å². The van der Waals surface area contributed by atoms with Crippen LogP contribution in [0.1, 0.15) is 23.1 Å². The molecule has 0 amide bonds. The summed E-state index contributed by atoms with van der Waals surface area (Å²) < 4.78 is 0. The van der Waals surface area contributed by atoms with Crippen LogP contribution in [-0.4, -0.2) is 36.9 Å². The Labute approximate surface area is 179 Å². The smallest absolute Gasteiger partial charge is 0.0947 e. The lowest BCUT2D eigenvalue weighted by Crippen LogP contribution is -2.51. The average molecular weight is 402 g/mol. The molecule has 3 aromatic rings. The van der Waals surface area contributed by atoms with Crippen LogP contribution < -0.4 is 17.2 Å². The van der Waals surface area contributed by atoms with Gasteiger partial charge in [0.2, 0.25) is 0 Å². The molecule has 0 radical (unpaired) electrons. The van der Waals surface area contributed by atoms with Crippen LogP contribution in [0.3, 0.4) is 0 Å². The highest BCUT2D eigenvalue weighted by Gasteiger charge is 2.37. The third-order valence-corrected chi connectivity index (χ3v) is 5.64. The van der Waals surface area contributed by atoms with E-state index in [4.69, 9.17) is 5.73 Å². The normalized spacial score (nSPS) is 18.3. The van der Waals surface area contributed by atoms with Crippen molar-refractivity contribution < 1.29 is 0 Å². The standard InChI is InChI=1S/C25H28N4.H3N/c1-29-20-24(26,19-28-29)17-18-27-25(21-11-5-2-6-12-21,22-13-7-3-8-14-22)23-15-9-4-10-16-23;/h2-16,19,27H,17-18,20,26H2,1H3;1H3. The van der Waals surface area contributed by atoms with Gasteiger partial charge in [-0.05, 0) is 29.7 Å². The maximum atomic E-state index is 6.56. The monoisotopic (exact) mass is 401 g/mol. The molecule has 1 heterocycles. The van der Waals surface area contributed by atoms with E-state index in [0.29, 0.717) is 0 Å². The molecule has 4 rings (SSSR count). The summed E-state index contributed by atoms with van der Waals surface area (Å²) in [4.78, 5) is 0. The number of likely N-dealkylation sites (N-methyl/N-ethyl adjacent to an activating group) is 1. The Bertz CT molecular complexity index is 846. The summed E-state index contributed by atoms with van der Waals surface area (Å²) in [5.41, 5.74) is 9.33. The molecule has 156 valence electrons. The third-order valence-electron chi connectivity index (χ3n) is 5.64. The Morgan fingerprint density at radius 1 is 0.867 bits per heavy atom. The fraction of sp³-hybridized carbons (Fsp3) is 0.240. The minimum Gasteiger partial charge on any atom is -0.344 e. The molecule has 1 atom stereocenters. The van der Waals surface area contributed by atoms with Gasteiger partial charge in [-0.3, -0.25) is 10.3 Å². The lowest BCUT2D eigenvalue weighted by molar-refractivity contribution is 0.323. The predicted octanol–water partition coefficient (Wildman–Crippen LogP) is 3.75. The highest BCUT2D eigenvalue weighted by Crippen LogP contribution is 2.36. The minimum absolute atomic E-state index is 0. The first kappa shape index (κ1) is 21.7. The first-order valence-electron chi connectivity index (χ1n) is 10.1. The van der Waals surface area contributed by atoms with E-state index in [1.54, 1.807) is 0 Å². The Kier molecular flexibility index (Phi) is 6.67. The quantitative estimate of drug-likeness (QED) is 0.526. The van der Waals surface area contributed by atoms with Crippen molar-refractivity contribution in [2.45, 2.75) is 17.5 Å². The van der Waals surface area contributed by atoms with E-state index < -0.39 is 11.1 Å². The second-order valence-electron chi connectivity index (χ2n) is 7.82. The second-order valence-corrected chi connectivity index (χ2v) is 7.82. The molecule has 0 saturated carbocycles. The van der Waals surface area contributed by atoms with E-state index in [0.717, 1.165) is 19.5 Å². The fourth-order valence-electron chi connectivity index (χ4n) is 4.22. The summed E-state index contributed by atoms with van der Waals surface area (Å²) in [6.07, 6.45) is 2.68. The zero-order valence-electron chi connectivity index (χ0n) is 17.5. The molecule has 3 aromatic carbocycles. The number of nitrogens with zero attached hydrogens (tertiary/aromatic N) is 2. The van der Waals surface area contributed by atoms with E-state index in [1.165, 1.54) is 16.7 Å². The number of hydrogen-bond acceptors (Lipinski definition) is 5. The van der Waals surface area contributed by atoms with Gasteiger partial charge in [0.25, 0.3) is 0 Å². The molecule has 5 heteroatoms. The molecule has 5 nitrogen and oxygen atoms in total. The van der Waals surface area contributed by atoms with E-state index in [2.05, 4.69) is 101 Å². The van der Waals surface area contributed by atoms with Crippen LogP contribution in [0.15, 0.2) is 96.1 Å². The molecule has 0 spiro atoms. The Morgan fingerprint density at radius 3 is 1.67 bits per heavy atom. The fourth-order valence-corrected chi connectivity index (χ4v) is 4.22. The summed E-state index contributed by atoms with van der Waals surface area (Å²) in [6, 6.07) is 31.9. The predicted molar refractivity (Wildman–Crippen MR) is 125 cm³/mol. The zero-order chi connectivity index (χ0) is 20.2. The van der Waals surface area contributed by atoms with Crippen molar-refractivity contribution in [1.82, 2.24) is 16.5 Å². The van der Waals surface area contributed by atoms with Crippen LogP contribution in [-0.2, 0) is 5.54 Å². The second kappa shape index (κ2) is 9.22. The molecule has 6 N–H and O–H groups in total. The molecular formula is C25H31N5. The van der Waals surface area contributed by atoms with E-state index >= 15 is 0 Å². The van der Waals surface area contributed by atoms with Crippen molar-refractivity contribution in [1.29, 1.82) is 0 Å². The number of hydrazone groups is 1. The summed E-state index contributed by atoms with van der Waals surface area (Å²) in [7, 11) is 1.96. The number of rotatable bonds is 7. The van der Waals surface area contributed by atoms with E-state index in [1.807, 2.05) is 18.3 Å². The molecule has 1 unspecified atom stereocenters. The molecule has 0 bridgehead atoms. The highest BCUT2D eigenvalue weighted by atomic mass is 15.5. The van der Waals surface area contributed by atoms with Gasteiger partial charge in [-0.2, -0.15) is 5.10 Å². The van der Waals surface area contributed by atoms with Gasteiger partial charge in [0, 0.05) is 13.3 Å². The van der Waals surface area contributed by atoms with Crippen molar-refractivity contribution in [3.63, 3.8) is 0 Å². The molecule has 0 aromatic heterocycles. The Morgan fingerprint density at radius 2 is 1.30 bits per heavy atom. The molecular weight excluding hydrogens is 370 g/mol. The van der Waals surface area contributed by atoms with Crippen LogP contribution in [0.2, 0.25) is 0 Å². The average Bonchev–Trinajstić information content (AvgIpc) is 3.12. The van der Waals surface area contributed by atoms with Crippen LogP contribution in [0.25, 0.3) is 0 Å². The molecule has 1 aliphatic heterocycles. The lowest BCUT2D eigenvalue weighted by atomic mass is 9.76. The maximum absolute atomic E-state index is 6.56. The van der Waals surface area contributed by atoms with E-state index in [-0.39, 0.29) is 6.15 Å². The van der Waals surface area contributed by atoms with Crippen molar-refractivity contribution in [3.8, 4) is 0 Å². The summed E-state index contributed by atoms with van der Waals surface area (Å²) >= 11 is 0. The van der Waals surface area contributed by atoms with Gasteiger partial charge in [0.1, 0.15) is 0 Å². The first-order valence-corrected chi connectivity index (χ1v) is 10.1. The van der Waals surface area contributed by atoms with Gasteiger partial charge < -0.3 is 11.9 Å². The van der Waals surface area contributed by atoms with Gasteiger partial charge in [0.15, 0.2) is 0 Å². The maximum Gasteiger partial charge on any atom is 0.0947 e. The third kappa shape index (κ3) is 4.28. The van der Waals surface area contributed by atoms with Crippen molar-refractivity contribution in [2.24, 2.45) is 10.8 Å². The summed E-state index contributed by atoms with van der Waals surface area (Å²) in [6.45, 7) is 1.50. The lowest BCUT2D eigenvalue weighted by Gasteiger charge is -2.38. The van der Waals surface area contributed by atoms with Gasteiger partial charge in [0.05, 0.1) is 17.6 Å². The Balaban J connectivity index is 0.00000256.